The standard InChI is InChI=1S/C12H18O5/c1-2-3-4-5-6-7-11(15)17-12(16)9-8-10(13)14/h8-9H,2-7H2,1H3,(H,13,14)/b9-8-. The first-order chi connectivity index (χ1) is 8.06. The summed E-state index contributed by atoms with van der Waals surface area (Å²) < 4.78 is 4.38. The van der Waals surface area contributed by atoms with Crippen molar-refractivity contribution < 1.29 is 24.2 Å². The Morgan fingerprint density at radius 2 is 1.71 bits per heavy atom. The molecule has 0 heterocycles. The zero-order chi connectivity index (χ0) is 13.1. The lowest BCUT2D eigenvalue weighted by Crippen LogP contribution is -2.10. The first kappa shape index (κ1) is 15.3. The molecule has 0 bridgehead atoms. The second kappa shape index (κ2) is 9.57. The summed E-state index contributed by atoms with van der Waals surface area (Å²) >= 11 is 0. The predicted octanol–water partition coefficient (Wildman–Crippen LogP) is 2.06. The van der Waals surface area contributed by atoms with Gasteiger partial charge in [-0.25, -0.2) is 9.59 Å². The van der Waals surface area contributed by atoms with E-state index in [0.717, 1.165) is 31.8 Å². The molecule has 0 unspecified atom stereocenters. The molecule has 0 fully saturated rings. The average molecular weight is 242 g/mol. The van der Waals surface area contributed by atoms with E-state index in [0.29, 0.717) is 12.5 Å². The largest absolute Gasteiger partial charge is 0.478 e. The predicted molar refractivity (Wildman–Crippen MR) is 61.3 cm³/mol. The second-order valence-corrected chi connectivity index (χ2v) is 3.63. The van der Waals surface area contributed by atoms with E-state index < -0.39 is 17.9 Å². The first-order valence-electron chi connectivity index (χ1n) is 5.72. The Balaban J connectivity index is 3.64. The SMILES string of the molecule is CCCCCCCC(=O)OC(=O)/C=C\C(=O)O. The molecule has 0 aromatic carbocycles. The molecule has 0 aliphatic rings. The number of aliphatic carboxylic acids is 1. The zero-order valence-corrected chi connectivity index (χ0v) is 9.98. The molecule has 0 aromatic rings. The number of carboxylic acids is 1. The Kier molecular flexibility index (Phi) is 8.64. The van der Waals surface area contributed by atoms with Crippen molar-refractivity contribution in [3.8, 4) is 0 Å². The molecule has 0 radical (unpaired) electrons. The molecule has 5 heteroatoms. The van der Waals surface area contributed by atoms with E-state index in [9.17, 15) is 14.4 Å². The van der Waals surface area contributed by atoms with Crippen LogP contribution in [0.4, 0.5) is 0 Å². The van der Waals surface area contributed by atoms with Gasteiger partial charge in [-0.05, 0) is 6.42 Å². The van der Waals surface area contributed by atoms with Gasteiger partial charge in [-0.2, -0.15) is 0 Å². The molecule has 0 rings (SSSR count). The number of unbranched alkanes of at least 4 members (excludes halogenated alkanes) is 4. The van der Waals surface area contributed by atoms with Crippen LogP contribution in [0.15, 0.2) is 12.2 Å². The summed E-state index contributed by atoms with van der Waals surface area (Å²) in [6.07, 6.45) is 6.50. The fourth-order valence-electron chi connectivity index (χ4n) is 1.21. The van der Waals surface area contributed by atoms with Crippen molar-refractivity contribution in [3.05, 3.63) is 12.2 Å². The zero-order valence-electron chi connectivity index (χ0n) is 9.98. The Morgan fingerprint density at radius 3 is 2.29 bits per heavy atom. The topological polar surface area (TPSA) is 80.7 Å². The van der Waals surface area contributed by atoms with E-state index in [4.69, 9.17) is 5.11 Å². The van der Waals surface area contributed by atoms with Crippen LogP contribution >= 0.6 is 0 Å². The lowest BCUT2D eigenvalue weighted by molar-refractivity contribution is -0.156. The van der Waals surface area contributed by atoms with Gasteiger partial charge in [0, 0.05) is 18.6 Å². The van der Waals surface area contributed by atoms with Crippen LogP contribution in [-0.4, -0.2) is 23.0 Å². The van der Waals surface area contributed by atoms with Gasteiger partial charge in [-0.3, -0.25) is 4.79 Å². The molecule has 0 saturated carbocycles. The lowest BCUT2D eigenvalue weighted by atomic mass is 10.1. The van der Waals surface area contributed by atoms with Crippen LogP contribution in [0.1, 0.15) is 45.4 Å². The molecule has 1 N–H and O–H groups in total. The highest BCUT2D eigenvalue weighted by atomic mass is 16.6. The van der Waals surface area contributed by atoms with Crippen LogP contribution < -0.4 is 0 Å². The Morgan fingerprint density at radius 1 is 1.06 bits per heavy atom. The average Bonchev–Trinajstić information content (AvgIpc) is 2.26. The number of carboxylic acid groups (broad SMARTS) is 1. The molecular formula is C12H18O5. The van der Waals surface area contributed by atoms with E-state index >= 15 is 0 Å². The quantitative estimate of drug-likeness (QED) is 0.305. The van der Waals surface area contributed by atoms with Crippen molar-refractivity contribution >= 4 is 17.9 Å². The van der Waals surface area contributed by atoms with E-state index in [2.05, 4.69) is 11.7 Å². The van der Waals surface area contributed by atoms with Gasteiger partial charge in [0.15, 0.2) is 0 Å². The van der Waals surface area contributed by atoms with Crippen molar-refractivity contribution in [1.82, 2.24) is 0 Å². The number of esters is 2. The summed E-state index contributed by atoms with van der Waals surface area (Å²) in [7, 11) is 0. The monoisotopic (exact) mass is 242 g/mol. The molecule has 17 heavy (non-hydrogen) atoms. The molecule has 0 aliphatic heterocycles. The molecular weight excluding hydrogens is 224 g/mol. The van der Waals surface area contributed by atoms with Gasteiger partial charge >= 0.3 is 17.9 Å². The number of carbonyl (C=O) groups is 3. The maximum Gasteiger partial charge on any atom is 0.338 e. The molecule has 0 aromatic heterocycles. The summed E-state index contributed by atoms with van der Waals surface area (Å²) in [6, 6.07) is 0. The molecule has 0 spiro atoms. The van der Waals surface area contributed by atoms with Crippen LogP contribution in [0.2, 0.25) is 0 Å². The van der Waals surface area contributed by atoms with Crippen LogP contribution in [-0.2, 0) is 19.1 Å². The molecule has 0 atom stereocenters. The van der Waals surface area contributed by atoms with Gasteiger partial charge < -0.3 is 9.84 Å². The Labute approximate surface area is 100 Å². The van der Waals surface area contributed by atoms with Gasteiger partial charge in [0.25, 0.3) is 0 Å². The van der Waals surface area contributed by atoms with Gasteiger partial charge in [0.05, 0.1) is 0 Å². The highest BCUT2D eigenvalue weighted by molar-refractivity contribution is 5.95. The summed E-state index contributed by atoms with van der Waals surface area (Å²) in [5.41, 5.74) is 0. The van der Waals surface area contributed by atoms with E-state index in [1.807, 2.05) is 0 Å². The third-order valence-electron chi connectivity index (χ3n) is 2.06. The highest BCUT2D eigenvalue weighted by Gasteiger charge is 2.07. The van der Waals surface area contributed by atoms with E-state index in [1.54, 1.807) is 0 Å². The van der Waals surface area contributed by atoms with Crippen LogP contribution in [0.25, 0.3) is 0 Å². The van der Waals surface area contributed by atoms with Crippen molar-refractivity contribution in [2.24, 2.45) is 0 Å². The van der Waals surface area contributed by atoms with E-state index in [1.165, 1.54) is 0 Å². The third-order valence-corrected chi connectivity index (χ3v) is 2.06. The minimum Gasteiger partial charge on any atom is -0.478 e. The van der Waals surface area contributed by atoms with Crippen molar-refractivity contribution in [2.75, 3.05) is 0 Å². The lowest BCUT2D eigenvalue weighted by Gasteiger charge is -2.00. The van der Waals surface area contributed by atoms with Crippen LogP contribution in [0, 0.1) is 0 Å². The minimum atomic E-state index is -1.26. The summed E-state index contributed by atoms with van der Waals surface area (Å²) in [5.74, 6) is -2.80. The fourth-order valence-corrected chi connectivity index (χ4v) is 1.21. The molecule has 96 valence electrons. The number of ether oxygens (including phenoxy) is 1. The van der Waals surface area contributed by atoms with Crippen LogP contribution in [0.3, 0.4) is 0 Å². The number of hydrogen-bond acceptors (Lipinski definition) is 4. The summed E-state index contributed by atoms with van der Waals surface area (Å²) in [4.78, 5) is 32.1. The van der Waals surface area contributed by atoms with Gasteiger partial charge in [-0.1, -0.05) is 32.6 Å². The van der Waals surface area contributed by atoms with Crippen molar-refractivity contribution in [1.29, 1.82) is 0 Å². The number of rotatable bonds is 8. The van der Waals surface area contributed by atoms with E-state index in [-0.39, 0.29) is 6.42 Å². The first-order valence-corrected chi connectivity index (χ1v) is 5.72. The molecule has 0 amide bonds. The third kappa shape index (κ3) is 10.6. The number of carbonyl (C=O) groups excluding carboxylic acids is 2. The fraction of sp³-hybridized carbons (Fsp3) is 0.583. The molecule has 5 nitrogen and oxygen atoms in total. The van der Waals surface area contributed by atoms with Crippen molar-refractivity contribution in [3.63, 3.8) is 0 Å². The van der Waals surface area contributed by atoms with Gasteiger partial charge in [0.1, 0.15) is 0 Å². The Hall–Kier alpha value is -1.65. The summed E-state index contributed by atoms with van der Waals surface area (Å²) in [6.45, 7) is 2.10. The van der Waals surface area contributed by atoms with Gasteiger partial charge in [0.2, 0.25) is 0 Å². The minimum absolute atomic E-state index is 0.191. The highest BCUT2D eigenvalue weighted by Crippen LogP contribution is 2.05. The normalized spacial score (nSPS) is 10.4. The Bertz CT molecular complexity index is 293. The molecule has 0 aliphatic carbocycles. The maximum absolute atomic E-state index is 11.1. The maximum atomic E-state index is 11.1. The van der Waals surface area contributed by atoms with Crippen LogP contribution in [0.5, 0.6) is 0 Å². The molecule has 0 saturated heterocycles. The second-order valence-electron chi connectivity index (χ2n) is 3.63. The summed E-state index contributed by atoms with van der Waals surface area (Å²) in [5, 5.41) is 8.24. The number of hydrogen-bond donors (Lipinski definition) is 1. The smallest absolute Gasteiger partial charge is 0.338 e. The van der Waals surface area contributed by atoms with Crippen molar-refractivity contribution in [2.45, 2.75) is 45.4 Å². The van der Waals surface area contributed by atoms with Gasteiger partial charge in [-0.15, -0.1) is 0 Å².